The van der Waals surface area contributed by atoms with E-state index < -0.39 is 10.0 Å². The van der Waals surface area contributed by atoms with Gasteiger partial charge in [0.1, 0.15) is 0 Å². The maximum Gasteiger partial charge on any atom is 0.258 e. The summed E-state index contributed by atoms with van der Waals surface area (Å²) in [4.78, 5) is 6.30. The highest BCUT2D eigenvalue weighted by Gasteiger charge is 2.29. The Bertz CT molecular complexity index is 559. The molecule has 1 aromatic heterocycles. The first-order valence-electron chi connectivity index (χ1n) is 7.23. The molecule has 1 aliphatic heterocycles. The van der Waals surface area contributed by atoms with Crippen LogP contribution >= 0.6 is 0 Å². The van der Waals surface area contributed by atoms with Gasteiger partial charge in [0.05, 0.1) is 0 Å². The fraction of sp³-hybridized carbons (Fsp3) is 0.643. The minimum Gasteiger partial charge on any atom is -0.316 e. The normalized spacial score (nSPS) is 24.1. The van der Waals surface area contributed by atoms with Crippen LogP contribution in [0.3, 0.4) is 0 Å². The zero-order chi connectivity index (χ0) is 15.5. The monoisotopic (exact) mass is 312 g/mol. The molecule has 0 bridgehead atoms. The maximum atomic E-state index is 12.4. The minimum atomic E-state index is -3.54. The molecule has 7 heteroatoms. The van der Waals surface area contributed by atoms with Crippen molar-refractivity contribution in [2.75, 3.05) is 27.2 Å². The highest BCUT2D eigenvalue weighted by Crippen LogP contribution is 2.18. The molecule has 6 nitrogen and oxygen atoms in total. The van der Waals surface area contributed by atoms with Gasteiger partial charge < -0.3 is 10.2 Å². The van der Waals surface area contributed by atoms with Crippen molar-refractivity contribution in [3.8, 4) is 0 Å². The van der Waals surface area contributed by atoms with E-state index in [1.54, 1.807) is 18.3 Å². The summed E-state index contributed by atoms with van der Waals surface area (Å²) in [6, 6.07) is 3.33. The van der Waals surface area contributed by atoms with Gasteiger partial charge in [-0.1, -0.05) is 13.0 Å². The van der Waals surface area contributed by atoms with Gasteiger partial charge in [-0.25, -0.2) is 18.1 Å². The number of sulfonamides is 1. The van der Waals surface area contributed by atoms with Gasteiger partial charge >= 0.3 is 0 Å². The molecule has 0 aliphatic carbocycles. The van der Waals surface area contributed by atoms with Gasteiger partial charge in [0, 0.05) is 25.3 Å². The fourth-order valence-electron chi connectivity index (χ4n) is 2.67. The standard InChI is InChI=1S/C14H24N4O2S/c1-11-10-18(3)7-6-13(11)17-21(19,20)14-5-4-12(8-15-2)9-16-14/h4-5,9,11,13,15,17H,6-8,10H2,1-3H3. The first kappa shape index (κ1) is 16.4. The minimum absolute atomic E-state index is 0.0232. The molecule has 1 fully saturated rings. The maximum absolute atomic E-state index is 12.4. The number of rotatable bonds is 5. The van der Waals surface area contributed by atoms with E-state index in [9.17, 15) is 8.42 Å². The SMILES string of the molecule is CNCc1ccc(S(=O)(=O)NC2CCN(C)CC2C)nc1. The molecule has 2 unspecified atom stereocenters. The number of hydrogen-bond donors (Lipinski definition) is 2. The van der Waals surface area contributed by atoms with Gasteiger partial charge in [0.25, 0.3) is 10.0 Å². The average Bonchev–Trinajstić information content (AvgIpc) is 2.43. The first-order valence-corrected chi connectivity index (χ1v) is 8.71. The molecule has 2 rings (SSSR count). The van der Waals surface area contributed by atoms with Gasteiger partial charge in [0.15, 0.2) is 5.03 Å². The van der Waals surface area contributed by atoms with Crippen LogP contribution in [0, 0.1) is 5.92 Å². The molecule has 2 atom stereocenters. The molecule has 2 heterocycles. The molecule has 0 amide bonds. The number of nitrogens with zero attached hydrogens (tertiary/aromatic N) is 2. The van der Waals surface area contributed by atoms with Gasteiger partial charge in [-0.15, -0.1) is 0 Å². The van der Waals surface area contributed by atoms with E-state index >= 15 is 0 Å². The van der Waals surface area contributed by atoms with E-state index in [1.807, 2.05) is 7.05 Å². The molecule has 1 aromatic rings. The Morgan fingerprint density at radius 1 is 1.43 bits per heavy atom. The molecule has 118 valence electrons. The Balaban J connectivity index is 2.07. The van der Waals surface area contributed by atoms with Crippen LogP contribution in [0.2, 0.25) is 0 Å². The highest BCUT2D eigenvalue weighted by atomic mass is 32.2. The van der Waals surface area contributed by atoms with Crippen LogP contribution in [-0.2, 0) is 16.6 Å². The summed E-state index contributed by atoms with van der Waals surface area (Å²) in [5.74, 6) is 0.294. The van der Waals surface area contributed by atoms with Crippen molar-refractivity contribution in [2.45, 2.75) is 31.0 Å². The Morgan fingerprint density at radius 2 is 2.19 bits per heavy atom. The lowest BCUT2D eigenvalue weighted by molar-refractivity contribution is 0.188. The van der Waals surface area contributed by atoms with Gasteiger partial charge in [0.2, 0.25) is 0 Å². The molecule has 0 aromatic carbocycles. The summed E-state index contributed by atoms with van der Waals surface area (Å²) in [6.45, 7) is 4.56. The average molecular weight is 312 g/mol. The number of pyridine rings is 1. The van der Waals surface area contributed by atoms with Crippen molar-refractivity contribution >= 4 is 10.0 Å². The van der Waals surface area contributed by atoms with Crippen LogP contribution in [-0.4, -0.2) is 51.5 Å². The van der Waals surface area contributed by atoms with Crippen LogP contribution in [0.4, 0.5) is 0 Å². The number of aromatic nitrogens is 1. The fourth-order valence-corrected chi connectivity index (χ4v) is 3.98. The third kappa shape index (κ3) is 4.23. The van der Waals surface area contributed by atoms with Crippen molar-refractivity contribution in [1.82, 2.24) is 19.9 Å². The van der Waals surface area contributed by atoms with Crippen molar-refractivity contribution in [3.63, 3.8) is 0 Å². The van der Waals surface area contributed by atoms with Crippen LogP contribution in [0.25, 0.3) is 0 Å². The second kappa shape index (κ2) is 6.83. The largest absolute Gasteiger partial charge is 0.316 e. The van der Waals surface area contributed by atoms with Crippen LogP contribution in [0.1, 0.15) is 18.9 Å². The number of likely N-dealkylation sites (tertiary alicyclic amines) is 1. The first-order chi connectivity index (χ1) is 9.92. The zero-order valence-electron chi connectivity index (χ0n) is 12.8. The lowest BCUT2D eigenvalue weighted by atomic mass is 9.95. The van der Waals surface area contributed by atoms with E-state index in [2.05, 4.69) is 33.9 Å². The summed E-state index contributed by atoms with van der Waals surface area (Å²) < 4.78 is 27.6. The summed E-state index contributed by atoms with van der Waals surface area (Å²) in [5.41, 5.74) is 0.962. The summed E-state index contributed by atoms with van der Waals surface area (Å²) in [6.07, 6.45) is 2.43. The Morgan fingerprint density at radius 3 is 2.76 bits per heavy atom. The van der Waals surface area contributed by atoms with E-state index in [4.69, 9.17) is 0 Å². The van der Waals surface area contributed by atoms with Crippen LogP contribution < -0.4 is 10.0 Å². The van der Waals surface area contributed by atoms with E-state index in [0.29, 0.717) is 12.5 Å². The Hall–Kier alpha value is -1.02. The number of nitrogens with one attached hydrogen (secondary N) is 2. The highest BCUT2D eigenvalue weighted by molar-refractivity contribution is 7.89. The second-order valence-electron chi connectivity index (χ2n) is 5.79. The molecule has 0 saturated carbocycles. The number of piperidine rings is 1. The number of hydrogen-bond acceptors (Lipinski definition) is 5. The molecule has 1 saturated heterocycles. The molecular weight excluding hydrogens is 288 g/mol. The predicted octanol–water partition coefficient (Wildman–Crippen LogP) is 0.420. The summed E-state index contributed by atoms with van der Waals surface area (Å²) in [5, 5.41) is 3.10. The van der Waals surface area contributed by atoms with Crippen molar-refractivity contribution in [2.24, 2.45) is 5.92 Å². The second-order valence-corrected chi connectivity index (χ2v) is 7.45. The lowest BCUT2D eigenvalue weighted by Gasteiger charge is -2.34. The van der Waals surface area contributed by atoms with Gasteiger partial charge in [-0.3, -0.25) is 0 Å². The van der Waals surface area contributed by atoms with Crippen molar-refractivity contribution in [3.05, 3.63) is 23.9 Å². The van der Waals surface area contributed by atoms with Crippen molar-refractivity contribution < 1.29 is 8.42 Å². The third-order valence-electron chi connectivity index (χ3n) is 3.87. The van der Waals surface area contributed by atoms with Crippen molar-refractivity contribution in [1.29, 1.82) is 0 Å². The summed E-state index contributed by atoms with van der Waals surface area (Å²) >= 11 is 0. The van der Waals surface area contributed by atoms with Gasteiger partial charge in [-0.05, 0) is 44.6 Å². The molecule has 0 spiro atoms. The lowest BCUT2D eigenvalue weighted by Crippen LogP contribution is -2.48. The molecular formula is C14H24N4O2S. The molecule has 21 heavy (non-hydrogen) atoms. The molecule has 0 radical (unpaired) electrons. The van der Waals surface area contributed by atoms with E-state index in [0.717, 1.165) is 25.1 Å². The van der Waals surface area contributed by atoms with Crippen LogP contribution in [0.15, 0.2) is 23.4 Å². The van der Waals surface area contributed by atoms with Crippen LogP contribution in [0.5, 0.6) is 0 Å². The smallest absolute Gasteiger partial charge is 0.258 e. The topological polar surface area (TPSA) is 74.3 Å². The molecule has 1 aliphatic rings. The molecule has 2 N–H and O–H groups in total. The quantitative estimate of drug-likeness (QED) is 0.824. The van der Waals surface area contributed by atoms with E-state index in [-0.39, 0.29) is 11.1 Å². The van der Waals surface area contributed by atoms with Gasteiger partial charge in [-0.2, -0.15) is 0 Å². The Kier molecular flexibility index (Phi) is 5.32. The zero-order valence-corrected chi connectivity index (χ0v) is 13.7. The Labute approximate surface area is 127 Å². The predicted molar refractivity (Wildman–Crippen MR) is 82.4 cm³/mol. The summed E-state index contributed by atoms with van der Waals surface area (Å²) in [7, 11) is 0.358. The third-order valence-corrected chi connectivity index (χ3v) is 5.27. The van der Waals surface area contributed by atoms with E-state index in [1.165, 1.54) is 0 Å².